The van der Waals surface area contributed by atoms with Crippen LogP contribution in [0.1, 0.15) is 16.8 Å². The van der Waals surface area contributed by atoms with Crippen LogP contribution < -0.4 is 5.32 Å². The molecule has 6 nitrogen and oxygen atoms in total. The van der Waals surface area contributed by atoms with Gasteiger partial charge in [-0.3, -0.25) is 4.79 Å². The number of hydrogen-bond acceptors (Lipinski definition) is 4. The first-order valence-electron chi connectivity index (χ1n) is 4.80. The van der Waals surface area contributed by atoms with E-state index in [2.05, 4.69) is 5.32 Å². The second-order valence-corrected chi connectivity index (χ2v) is 5.71. The first kappa shape index (κ1) is 11.6. The van der Waals surface area contributed by atoms with Gasteiger partial charge in [-0.2, -0.15) is 0 Å². The highest BCUT2D eigenvalue weighted by Crippen LogP contribution is 2.27. The molecule has 2 rings (SSSR count). The highest BCUT2D eigenvalue weighted by molar-refractivity contribution is 7.91. The Morgan fingerprint density at radius 3 is 2.71 bits per heavy atom. The van der Waals surface area contributed by atoms with Crippen LogP contribution in [0.3, 0.4) is 0 Å². The van der Waals surface area contributed by atoms with Gasteiger partial charge in [0.1, 0.15) is 0 Å². The van der Waals surface area contributed by atoms with Gasteiger partial charge in [-0.15, -0.1) is 0 Å². The fraction of sp³-hybridized carbons (Fsp3) is 0.200. The normalized spacial score (nSPS) is 17.8. The summed E-state index contributed by atoms with van der Waals surface area (Å²) in [6.45, 7) is 0. The van der Waals surface area contributed by atoms with Gasteiger partial charge in [0.05, 0.1) is 21.9 Å². The van der Waals surface area contributed by atoms with Crippen molar-refractivity contribution in [2.45, 2.75) is 11.3 Å². The van der Waals surface area contributed by atoms with Gasteiger partial charge in [0.15, 0.2) is 9.84 Å². The smallest absolute Gasteiger partial charge is 0.335 e. The van der Waals surface area contributed by atoms with Gasteiger partial charge in [0, 0.05) is 6.42 Å². The fourth-order valence-corrected chi connectivity index (χ4v) is 3.00. The number of rotatable bonds is 1. The number of carbonyl (C=O) groups excluding carboxylic acids is 1. The fourth-order valence-electron chi connectivity index (χ4n) is 1.57. The van der Waals surface area contributed by atoms with Crippen LogP contribution in [0.4, 0.5) is 5.69 Å². The van der Waals surface area contributed by atoms with E-state index in [0.717, 1.165) is 6.07 Å². The van der Waals surface area contributed by atoms with Crippen LogP contribution in [0.2, 0.25) is 0 Å². The van der Waals surface area contributed by atoms with Crippen LogP contribution in [-0.4, -0.2) is 31.2 Å². The summed E-state index contributed by atoms with van der Waals surface area (Å²) in [5, 5.41) is 11.2. The van der Waals surface area contributed by atoms with Crippen molar-refractivity contribution >= 4 is 27.4 Å². The van der Waals surface area contributed by atoms with Crippen LogP contribution in [0.5, 0.6) is 0 Å². The molecule has 0 spiro atoms. The number of aromatic carboxylic acids is 1. The summed E-state index contributed by atoms with van der Waals surface area (Å²) in [5.74, 6) is -1.91. The molecule has 7 heteroatoms. The zero-order chi connectivity index (χ0) is 12.6. The molecular weight excluding hydrogens is 246 g/mol. The van der Waals surface area contributed by atoms with Gasteiger partial charge >= 0.3 is 5.97 Å². The molecule has 1 aliphatic heterocycles. The van der Waals surface area contributed by atoms with Gasteiger partial charge < -0.3 is 10.4 Å². The highest BCUT2D eigenvalue weighted by Gasteiger charge is 2.26. The third kappa shape index (κ3) is 2.14. The Labute approximate surface area is 97.2 Å². The van der Waals surface area contributed by atoms with Crippen LogP contribution in [0.15, 0.2) is 23.1 Å². The summed E-state index contributed by atoms with van der Waals surface area (Å²) < 4.78 is 23.7. The van der Waals surface area contributed by atoms with Crippen LogP contribution in [0, 0.1) is 0 Å². The molecule has 0 radical (unpaired) electrons. The van der Waals surface area contributed by atoms with E-state index in [1.165, 1.54) is 12.1 Å². The van der Waals surface area contributed by atoms with E-state index in [1.54, 1.807) is 0 Å². The summed E-state index contributed by atoms with van der Waals surface area (Å²) in [7, 11) is -3.61. The molecule has 0 bridgehead atoms. The number of benzene rings is 1. The second kappa shape index (κ2) is 3.85. The van der Waals surface area contributed by atoms with E-state index < -0.39 is 21.7 Å². The van der Waals surface area contributed by atoms with E-state index >= 15 is 0 Å². The van der Waals surface area contributed by atoms with E-state index in [0.29, 0.717) is 0 Å². The summed E-state index contributed by atoms with van der Waals surface area (Å²) >= 11 is 0. The molecule has 0 saturated heterocycles. The van der Waals surface area contributed by atoms with Crippen molar-refractivity contribution in [3.05, 3.63) is 23.8 Å². The summed E-state index contributed by atoms with van der Waals surface area (Å²) in [6.07, 6.45) is -0.126. The summed E-state index contributed by atoms with van der Waals surface area (Å²) in [5.41, 5.74) is 0.0148. The number of amides is 1. The number of hydrogen-bond donors (Lipinski definition) is 2. The maximum Gasteiger partial charge on any atom is 0.335 e. The summed E-state index contributed by atoms with van der Waals surface area (Å²) in [6, 6.07) is 3.61. The van der Waals surface area contributed by atoms with Gasteiger partial charge in [-0.05, 0) is 18.2 Å². The average molecular weight is 255 g/mol. The molecule has 1 aromatic carbocycles. The zero-order valence-electron chi connectivity index (χ0n) is 8.63. The molecule has 0 fully saturated rings. The number of anilines is 1. The van der Waals surface area contributed by atoms with Crippen molar-refractivity contribution in [3.8, 4) is 0 Å². The molecule has 1 amide bonds. The second-order valence-electron chi connectivity index (χ2n) is 3.63. The first-order valence-corrected chi connectivity index (χ1v) is 6.45. The van der Waals surface area contributed by atoms with Crippen molar-refractivity contribution in [2.75, 3.05) is 11.1 Å². The summed E-state index contributed by atoms with van der Waals surface area (Å²) in [4.78, 5) is 21.9. The first-order chi connectivity index (χ1) is 7.90. The van der Waals surface area contributed by atoms with Gasteiger partial charge in [0.25, 0.3) is 0 Å². The van der Waals surface area contributed by atoms with E-state index in [9.17, 15) is 18.0 Å². The molecule has 1 heterocycles. The maximum atomic E-state index is 11.8. The lowest BCUT2D eigenvalue weighted by molar-refractivity contribution is -0.115. The predicted molar refractivity (Wildman–Crippen MR) is 58.7 cm³/mol. The molecule has 0 aromatic heterocycles. The minimum absolute atomic E-state index is 0.122. The molecule has 1 aliphatic rings. The molecule has 0 atom stereocenters. The third-order valence-corrected chi connectivity index (χ3v) is 4.19. The molecule has 17 heavy (non-hydrogen) atoms. The SMILES string of the molecule is O=C1CCS(=O)(=O)c2cc(C(=O)O)ccc2N1. The van der Waals surface area contributed by atoms with E-state index in [4.69, 9.17) is 5.11 Å². The Kier molecular flexibility index (Phi) is 2.62. The van der Waals surface area contributed by atoms with Crippen LogP contribution >= 0.6 is 0 Å². The molecule has 0 unspecified atom stereocenters. The Hall–Kier alpha value is -1.89. The van der Waals surface area contributed by atoms with Crippen LogP contribution in [0.25, 0.3) is 0 Å². The minimum atomic E-state index is -3.61. The number of sulfone groups is 1. The quantitative estimate of drug-likeness (QED) is 0.761. The third-order valence-electron chi connectivity index (χ3n) is 2.44. The Morgan fingerprint density at radius 2 is 2.06 bits per heavy atom. The lowest BCUT2D eigenvalue weighted by Crippen LogP contribution is -2.10. The van der Waals surface area contributed by atoms with Crippen molar-refractivity contribution in [1.29, 1.82) is 0 Å². The zero-order valence-corrected chi connectivity index (χ0v) is 9.45. The molecule has 90 valence electrons. The maximum absolute atomic E-state index is 11.8. The van der Waals surface area contributed by atoms with Crippen molar-refractivity contribution < 1.29 is 23.1 Å². The number of carbonyl (C=O) groups is 2. The molecule has 0 aliphatic carbocycles. The largest absolute Gasteiger partial charge is 0.478 e. The van der Waals surface area contributed by atoms with Gasteiger partial charge in [-0.1, -0.05) is 0 Å². The number of fused-ring (bicyclic) bond motifs is 1. The van der Waals surface area contributed by atoms with Gasteiger partial charge in [-0.25, -0.2) is 13.2 Å². The Bertz CT molecular complexity index is 605. The molecule has 2 N–H and O–H groups in total. The minimum Gasteiger partial charge on any atom is -0.478 e. The monoisotopic (exact) mass is 255 g/mol. The van der Waals surface area contributed by atoms with Crippen molar-refractivity contribution in [1.82, 2.24) is 0 Å². The Morgan fingerprint density at radius 1 is 1.35 bits per heavy atom. The van der Waals surface area contributed by atoms with Crippen molar-refractivity contribution in [2.24, 2.45) is 0 Å². The van der Waals surface area contributed by atoms with E-state index in [-0.39, 0.29) is 28.3 Å². The topological polar surface area (TPSA) is 101 Å². The van der Waals surface area contributed by atoms with Crippen molar-refractivity contribution in [3.63, 3.8) is 0 Å². The number of carboxylic acid groups (broad SMARTS) is 1. The van der Waals surface area contributed by atoms with Gasteiger partial charge in [0.2, 0.25) is 5.91 Å². The Balaban J connectivity index is 2.65. The number of carboxylic acids is 1. The van der Waals surface area contributed by atoms with E-state index in [1.807, 2.05) is 0 Å². The highest BCUT2D eigenvalue weighted by atomic mass is 32.2. The number of nitrogens with one attached hydrogen (secondary N) is 1. The standard InChI is InChI=1S/C10H9NO5S/c12-9-3-4-17(15,16)8-5-6(10(13)14)1-2-7(8)11-9/h1-2,5H,3-4H2,(H,11,12)(H,13,14). The molecule has 1 aromatic rings. The molecular formula is C10H9NO5S. The van der Waals surface area contributed by atoms with Crippen LogP contribution in [-0.2, 0) is 14.6 Å². The predicted octanol–water partition coefficient (Wildman–Crippen LogP) is 0.501. The average Bonchev–Trinajstić information content (AvgIpc) is 2.36. The lowest BCUT2D eigenvalue weighted by atomic mass is 10.2. The molecule has 0 saturated carbocycles. The lowest BCUT2D eigenvalue weighted by Gasteiger charge is -2.07.